The van der Waals surface area contributed by atoms with Crippen LogP contribution in [0.5, 0.6) is 0 Å². The van der Waals surface area contributed by atoms with Gasteiger partial charge in [-0.3, -0.25) is 0 Å². The number of hydrogen-bond donors (Lipinski definition) is 0. The van der Waals surface area contributed by atoms with E-state index in [1.807, 2.05) is 0 Å². The Bertz CT molecular complexity index is 6.00. The SMILES string of the molecule is [AlH3].[NaH].[SiH3][SiH3]. The second-order valence-corrected chi connectivity index (χ2v) is 0. The van der Waals surface area contributed by atoms with Crippen LogP contribution in [0.1, 0.15) is 0 Å². The van der Waals surface area contributed by atoms with Gasteiger partial charge in [0.15, 0.2) is 17.4 Å². The van der Waals surface area contributed by atoms with Crippen LogP contribution in [0, 0.1) is 0 Å². The summed E-state index contributed by atoms with van der Waals surface area (Å²) in [5.41, 5.74) is 0. The molecule has 0 aromatic carbocycles. The summed E-state index contributed by atoms with van der Waals surface area (Å²) in [7, 11) is 2.89. The molecule has 0 bridgehead atoms. The predicted molar refractivity (Wildman–Crippen MR) is 37.0 cm³/mol. The van der Waals surface area contributed by atoms with Crippen LogP contribution in [0.4, 0.5) is 0 Å². The van der Waals surface area contributed by atoms with Gasteiger partial charge in [0.1, 0.15) is 0 Å². The molecule has 22 valence electrons. The molecule has 0 aliphatic carbocycles. The summed E-state index contributed by atoms with van der Waals surface area (Å²) >= 11 is 0. The zero-order chi connectivity index (χ0) is 2.00. The summed E-state index contributed by atoms with van der Waals surface area (Å²) in [6.45, 7) is 0. The van der Waals surface area contributed by atoms with Gasteiger partial charge in [0.05, 0.1) is 0 Å². The van der Waals surface area contributed by atoms with Gasteiger partial charge in [-0.2, -0.15) is 0 Å². The maximum Gasteiger partial charge on any atom is -0.0125 e. The molecule has 0 saturated carbocycles. The second-order valence-electron chi connectivity index (χ2n) is 0. The summed E-state index contributed by atoms with van der Waals surface area (Å²) in [5, 5.41) is 0. The second kappa shape index (κ2) is 20.2. The summed E-state index contributed by atoms with van der Waals surface area (Å²) in [6, 6.07) is 0. The van der Waals surface area contributed by atoms with E-state index in [1.54, 1.807) is 0 Å². The third-order valence-corrected chi connectivity index (χ3v) is 0. The molecule has 0 aliphatic rings. The van der Waals surface area contributed by atoms with Crippen LogP contribution in [0.15, 0.2) is 0 Å². The molecule has 0 spiro atoms. The molecule has 0 heterocycles. The van der Waals surface area contributed by atoms with Gasteiger partial charge < -0.3 is 0 Å². The van der Waals surface area contributed by atoms with E-state index in [2.05, 4.69) is 0 Å². The topological polar surface area (TPSA) is 0 Å². The van der Waals surface area contributed by atoms with E-state index < -0.39 is 0 Å². The fourth-order valence-corrected chi connectivity index (χ4v) is 0. The molecule has 0 N–H and O–H groups in total. The molecule has 0 aliphatic heterocycles. The first-order chi connectivity index (χ1) is 1.00. The van der Waals surface area contributed by atoms with Crippen molar-refractivity contribution in [2.75, 3.05) is 0 Å². The van der Waals surface area contributed by atoms with Crippen molar-refractivity contribution >= 4 is 66.4 Å². The Labute approximate surface area is 65.8 Å². The van der Waals surface area contributed by atoms with Crippen molar-refractivity contribution in [1.29, 1.82) is 0 Å². The molecule has 0 radical (unpaired) electrons. The minimum Gasteiger partial charge on any atom is -0.0125 e. The van der Waals surface area contributed by atoms with Gasteiger partial charge in [-0.1, -0.05) is 0 Å². The monoisotopic (exact) mass is 116 g/mol. The minimum atomic E-state index is 0. The van der Waals surface area contributed by atoms with E-state index in [0.29, 0.717) is 0 Å². The van der Waals surface area contributed by atoms with Crippen LogP contribution < -0.4 is 0 Å². The Morgan fingerprint density at radius 3 is 1.00 bits per heavy atom. The molecule has 0 amide bonds. The normalized spacial score (nSPS) is 3.00. The standard InChI is InChI=1S/Al.Na.H6Si2.4H/c;;1-2;;;;/h;;1-2H3;;;;. The van der Waals surface area contributed by atoms with E-state index in [0.717, 1.165) is 0 Å². The predicted octanol–water partition coefficient (Wildman–Crippen LogP) is -4.20. The third-order valence-electron chi connectivity index (χ3n) is 0. The average molecular weight is 116 g/mol. The Hall–Kier alpha value is 1.97. The van der Waals surface area contributed by atoms with E-state index in [-0.39, 0.29) is 46.9 Å². The molecule has 0 nitrogen and oxygen atoms in total. The van der Waals surface area contributed by atoms with Gasteiger partial charge in [-0.25, -0.2) is 0 Å². The van der Waals surface area contributed by atoms with E-state index in [1.165, 1.54) is 19.5 Å². The molecule has 0 unspecified atom stereocenters. The molecule has 0 aromatic rings. The van der Waals surface area contributed by atoms with E-state index in [9.17, 15) is 0 Å². The fourth-order valence-electron chi connectivity index (χ4n) is 0. The molecular weight excluding hydrogens is 106 g/mol. The summed E-state index contributed by atoms with van der Waals surface area (Å²) in [5.74, 6) is 0. The average Bonchev–Trinajstić information content (AvgIpc) is 1.00. The summed E-state index contributed by atoms with van der Waals surface area (Å²) in [6.07, 6.45) is 0. The minimum absolute atomic E-state index is 0. The Kier molecular flexibility index (Phi) is 84.5. The molecule has 4 heteroatoms. The van der Waals surface area contributed by atoms with Gasteiger partial charge in [-0.05, 0) is 19.5 Å². The van der Waals surface area contributed by atoms with Crippen molar-refractivity contribution in [3.63, 3.8) is 0 Å². The van der Waals surface area contributed by atoms with Gasteiger partial charge >= 0.3 is 29.6 Å². The Balaban J connectivity index is -0.00000000500. The quantitative estimate of drug-likeness (QED) is 0.282. The van der Waals surface area contributed by atoms with Crippen molar-refractivity contribution in [3.05, 3.63) is 0 Å². The zero-order valence-electron chi connectivity index (χ0n) is 2.00. The maximum absolute atomic E-state index is 1.44. The van der Waals surface area contributed by atoms with Gasteiger partial charge in [0.25, 0.3) is 0 Å². The van der Waals surface area contributed by atoms with Gasteiger partial charge in [0.2, 0.25) is 0 Å². The van der Waals surface area contributed by atoms with Crippen LogP contribution in [0.3, 0.4) is 0 Å². The molecule has 0 fully saturated rings. The molecule has 0 rings (SSSR count). The first-order valence-corrected chi connectivity index (χ1v) is 9.00. The molecular formula is H10AlNaSi2. The van der Waals surface area contributed by atoms with E-state index in [4.69, 9.17) is 0 Å². The molecule has 0 saturated heterocycles. The van der Waals surface area contributed by atoms with Gasteiger partial charge in [-0.15, -0.1) is 0 Å². The van der Waals surface area contributed by atoms with Crippen LogP contribution in [-0.4, -0.2) is 66.4 Å². The summed E-state index contributed by atoms with van der Waals surface area (Å²) < 4.78 is 0. The number of rotatable bonds is 0. The molecule has 4 heavy (non-hydrogen) atoms. The van der Waals surface area contributed by atoms with Crippen LogP contribution >= 0.6 is 0 Å². The van der Waals surface area contributed by atoms with Crippen molar-refractivity contribution in [2.45, 2.75) is 0 Å². The first-order valence-electron chi connectivity index (χ1n) is 1.00. The van der Waals surface area contributed by atoms with Crippen LogP contribution in [0.2, 0.25) is 0 Å². The smallest absolute Gasteiger partial charge is 0.0125 e. The fraction of sp³-hybridized carbons (Fsp3) is 0. The van der Waals surface area contributed by atoms with Crippen molar-refractivity contribution in [2.24, 2.45) is 0 Å². The third kappa shape index (κ3) is 9.03. The Morgan fingerprint density at radius 1 is 1.00 bits per heavy atom. The van der Waals surface area contributed by atoms with Crippen molar-refractivity contribution in [1.82, 2.24) is 0 Å². The van der Waals surface area contributed by atoms with Gasteiger partial charge in [0, 0.05) is 0 Å². The van der Waals surface area contributed by atoms with Crippen LogP contribution in [-0.2, 0) is 0 Å². The van der Waals surface area contributed by atoms with Crippen LogP contribution in [0.25, 0.3) is 0 Å². The number of hydrogen-bond acceptors (Lipinski definition) is 0. The summed E-state index contributed by atoms with van der Waals surface area (Å²) in [4.78, 5) is 0. The first kappa shape index (κ1) is 16.7. The molecule has 0 atom stereocenters. The largest absolute Gasteiger partial charge is 0.0125 e. The molecule has 0 aromatic heterocycles. The van der Waals surface area contributed by atoms with E-state index >= 15 is 0 Å². The van der Waals surface area contributed by atoms with Crippen molar-refractivity contribution < 1.29 is 0 Å². The van der Waals surface area contributed by atoms with Crippen molar-refractivity contribution in [3.8, 4) is 0 Å². The zero-order valence-corrected chi connectivity index (χ0v) is 6.00. The Morgan fingerprint density at radius 2 is 1.00 bits per heavy atom. The maximum atomic E-state index is 1.44.